The van der Waals surface area contributed by atoms with E-state index in [1.165, 1.54) is 0 Å². The molecular weight excluding hydrogens is 248 g/mol. The Balaban J connectivity index is 2.23. The maximum absolute atomic E-state index is 11.8. The van der Waals surface area contributed by atoms with Crippen molar-refractivity contribution in [3.05, 3.63) is 0 Å². The molecule has 0 aliphatic carbocycles. The summed E-state index contributed by atoms with van der Waals surface area (Å²) >= 11 is 0. The Labute approximate surface area is 111 Å². The number of nitrogens with one attached hydrogen (secondary N) is 1. The van der Waals surface area contributed by atoms with Crippen LogP contribution in [0.5, 0.6) is 0 Å². The monoisotopic (exact) mass is 274 g/mol. The van der Waals surface area contributed by atoms with E-state index in [1.54, 1.807) is 0 Å². The van der Waals surface area contributed by atoms with E-state index in [2.05, 4.69) is 37.9 Å². The van der Waals surface area contributed by atoms with Crippen molar-refractivity contribution in [2.24, 2.45) is 5.92 Å². The van der Waals surface area contributed by atoms with Crippen LogP contribution in [0.2, 0.25) is 0 Å². The molecule has 0 aromatic rings. The summed E-state index contributed by atoms with van der Waals surface area (Å²) in [4.78, 5) is 2.46. The van der Waals surface area contributed by atoms with Gasteiger partial charge in [-0.3, -0.25) is 4.90 Å². The van der Waals surface area contributed by atoms with Gasteiger partial charge in [0.15, 0.2) is 9.84 Å². The zero-order chi connectivity index (χ0) is 13.6. The molecular formula is C13H26N2O2S. The lowest BCUT2D eigenvalue weighted by Gasteiger charge is -2.49. The lowest BCUT2D eigenvalue weighted by Crippen LogP contribution is -2.64. The third-order valence-electron chi connectivity index (χ3n) is 4.49. The Morgan fingerprint density at radius 2 is 2.06 bits per heavy atom. The average molecular weight is 274 g/mol. The van der Waals surface area contributed by atoms with Crippen LogP contribution >= 0.6 is 0 Å². The van der Waals surface area contributed by atoms with Crippen LogP contribution in [0.4, 0.5) is 0 Å². The molecule has 2 heterocycles. The van der Waals surface area contributed by atoms with Gasteiger partial charge < -0.3 is 5.32 Å². The Morgan fingerprint density at radius 1 is 1.39 bits per heavy atom. The van der Waals surface area contributed by atoms with E-state index >= 15 is 0 Å². The first-order valence-corrected chi connectivity index (χ1v) is 8.76. The fourth-order valence-electron chi connectivity index (χ4n) is 3.36. The molecule has 2 rings (SSSR count). The minimum Gasteiger partial charge on any atom is -0.311 e. The van der Waals surface area contributed by atoms with Crippen LogP contribution in [-0.2, 0) is 9.84 Å². The second kappa shape index (κ2) is 4.76. The van der Waals surface area contributed by atoms with Gasteiger partial charge in [0.1, 0.15) is 0 Å². The second-order valence-corrected chi connectivity index (χ2v) is 8.80. The highest BCUT2D eigenvalue weighted by Gasteiger charge is 2.47. The summed E-state index contributed by atoms with van der Waals surface area (Å²) in [5.74, 6) is 1.23. The molecule has 0 spiro atoms. The highest BCUT2D eigenvalue weighted by molar-refractivity contribution is 7.91. The van der Waals surface area contributed by atoms with Crippen LogP contribution in [-0.4, -0.2) is 55.5 Å². The van der Waals surface area contributed by atoms with Gasteiger partial charge in [0.2, 0.25) is 0 Å². The Bertz CT molecular complexity index is 407. The van der Waals surface area contributed by atoms with Gasteiger partial charge in [0.05, 0.1) is 11.5 Å². The third-order valence-corrected chi connectivity index (χ3v) is 6.38. The van der Waals surface area contributed by atoms with E-state index < -0.39 is 9.84 Å². The number of nitrogens with zero attached hydrogens (tertiary/aromatic N) is 1. The molecule has 18 heavy (non-hydrogen) atoms. The first kappa shape index (κ1) is 14.3. The van der Waals surface area contributed by atoms with Gasteiger partial charge in [-0.15, -0.1) is 0 Å². The number of piperazine rings is 1. The number of hydrogen-bond acceptors (Lipinski definition) is 4. The van der Waals surface area contributed by atoms with Gasteiger partial charge in [0.25, 0.3) is 0 Å². The molecule has 1 N–H and O–H groups in total. The second-order valence-electron chi connectivity index (χ2n) is 6.61. The van der Waals surface area contributed by atoms with Crippen molar-refractivity contribution in [2.75, 3.05) is 24.6 Å². The summed E-state index contributed by atoms with van der Waals surface area (Å²) in [5.41, 5.74) is -0.163. The van der Waals surface area contributed by atoms with Gasteiger partial charge >= 0.3 is 0 Å². The van der Waals surface area contributed by atoms with E-state index in [1.807, 2.05) is 0 Å². The van der Waals surface area contributed by atoms with Crippen LogP contribution in [0.1, 0.15) is 34.1 Å². The van der Waals surface area contributed by atoms with Crippen LogP contribution in [0, 0.1) is 5.92 Å². The molecule has 2 fully saturated rings. The van der Waals surface area contributed by atoms with Crippen molar-refractivity contribution in [2.45, 2.75) is 51.7 Å². The predicted molar refractivity (Wildman–Crippen MR) is 74.5 cm³/mol. The molecule has 0 saturated carbocycles. The average Bonchev–Trinajstić information content (AvgIpc) is 2.54. The molecule has 2 aliphatic heterocycles. The maximum atomic E-state index is 11.8. The summed E-state index contributed by atoms with van der Waals surface area (Å²) in [6.45, 7) is 10.7. The Kier molecular flexibility index (Phi) is 3.78. The smallest absolute Gasteiger partial charge is 0.152 e. The predicted octanol–water partition coefficient (Wildman–Crippen LogP) is 0.882. The van der Waals surface area contributed by atoms with Crippen LogP contribution in [0.3, 0.4) is 0 Å². The molecule has 0 amide bonds. The van der Waals surface area contributed by atoms with Gasteiger partial charge in [-0.2, -0.15) is 0 Å². The largest absolute Gasteiger partial charge is 0.311 e. The summed E-state index contributed by atoms with van der Waals surface area (Å²) in [7, 11) is -2.83. The standard InChI is InChI=1S/C13H26N2O2S/c1-10(2)12-7-14-11(3)8-15(12)13(4)5-6-18(16,17)9-13/h10-12,14H,5-9H2,1-4H3. The van der Waals surface area contributed by atoms with Crippen molar-refractivity contribution < 1.29 is 8.42 Å². The molecule has 4 nitrogen and oxygen atoms in total. The van der Waals surface area contributed by atoms with E-state index in [0.29, 0.717) is 29.5 Å². The lowest BCUT2D eigenvalue weighted by atomic mass is 9.90. The van der Waals surface area contributed by atoms with Crippen molar-refractivity contribution >= 4 is 9.84 Å². The Morgan fingerprint density at radius 3 is 2.56 bits per heavy atom. The molecule has 0 bridgehead atoms. The van der Waals surface area contributed by atoms with Crippen molar-refractivity contribution in [3.8, 4) is 0 Å². The zero-order valence-corrected chi connectivity index (χ0v) is 12.8. The molecule has 5 heteroatoms. The minimum atomic E-state index is -2.83. The molecule has 2 saturated heterocycles. The van der Waals surface area contributed by atoms with Gasteiger partial charge in [-0.25, -0.2) is 8.42 Å². The minimum absolute atomic E-state index is 0.163. The number of hydrogen-bond donors (Lipinski definition) is 1. The maximum Gasteiger partial charge on any atom is 0.152 e. The van der Waals surface area contributed by atoms with E-state index in [-0.39, 0.29) is 5.54 Å². The molecule has 0 aromatic carbocycles. The summed E-state index contributed by atoms with van der Waals surface area (Å²) in [6.07, 6.45) is 0.783. The van der Waals surface area contributed by atoms with Crippen molar-refractivity contribution in [1.82, 2.24) is 10.2 Å². The number of sulfone groups is 1. The first-order valence-electron chi connectivity index (χ1n) is 6.94. The summed E-state index contributed by atoms with van der Waals surface area (Å²) in [6, 6.07) is 0.889. The van der Waals surface area contributed by atoms with Crippen molar-refractivity contribution in [3.63, 3.8) is 0 Å². The first-order chi connectivity index (χ1) is 8.23. The summed E-state index contributed by atoms with van der Waals surface area (Å²) in [5, 5.41) is 3.51. The molecule has 3 atom stereocenters. The SMILES string of the molecule is CC1CN(C2(C)CCS(=O)(=O)C2)C(C(C)C)CN1. The van der Waals surface area contributed by atoms with E-state index in [0.717, 1.165) is 19.5 Å². The topological polar surface area (TPSA) is 49.4 Å². The Hall–Kier alpha value is -0.130. The van der Waals surface area contributed by atoms with Gasteiger partial charge in [-0.05, 0) is 26.2 Å². The van der Waals surface area contributed by atoms with E-state index in [4.69, 9.17) is 0 Å². The van der Waals surface area contributed by atoms with Crippen LogP contribution in [0.25, 0.3) is 0 Å². The molecule has 0 aromatic heterocycles. The normalized spacial score (nSPS) is 41.4. The fraction of sp³-hybridized carbons (Fsp3) is 1.00. The molecule has 0 radical (unpaired) electrons. The molecule has 2 aliphatic rings. The fourth-order valence-corrected chi connectivity index (χ4v) is 5.52. The number of rotatable bonds is 2. The van der Waals surface area contributed by atoms with Crippen LogP contribution in [0.15, 0.2) is 0 Å². The summed E-state index contributed by atoms with van der Waals surface area (Å²) < 4.78 is 23.6. The van der Waals surface area contributed by atoms with Crippen molar-refractivity contribution in [1.29, 1.82) is 0 Å². The quantitative estimate of drug-likeness (QED) is 0.812. The zero-order valence-electron chi connectivity index (χ0n) is 11.9. The highest BCUT2D eigenvalue weighted by Crippen LogP contribution is 2.33. The third kappa shape index (κ3) is 2.73. The molecule has 3 unspecified atom stereocenters. The molecule has 106 valence electrons. The van der Waals surface area contributed by atoms with Crippen LogP contribution < -0.4 is 5.32 Å². The van der Waals surface area contributed by atoms with Gasteiger partial charge in [0, 0.05) is 30.7 Å². The lowest BCUT2D eigenvalue weighted by molar-refractivity contribution is 0.0166. The van der Waals surface area contributed by atoms with E-state index in [9.17, 15) is 8.42 Å². The van der Waals surface area contributed by atoms with Gasteiger partial charge in [-0.1, -0.05) is 13.8 Å². The highest BCUT2D eigenvalue weighted by atomic mass is 32.2.